The van der Waals surface area contributed by atoms with Gasteiger partial charge in [0.15, 0.2) is 0 Å². The van der Waals surface area contributed by atoms with Crippen molar-refractivity contribution in [1.82, 2.24) is 4.98 Å². The molecule has 12 heavy (non-hydrogen) atoms. The molecule has 0 bridgehead atoms. The van der Waals surface area contributed by atoms with Crippen molar-refractivity contribution in [3.05, 3.63) is 23.9 Å². The van der Waals surface area contributed by atoms with Gasteiger partial charge < -0.3 is 10.5 Å². The van der Waals surface area contributed by atoms with Gasteiger partial charge in [-0.2, -0.15) is 0 Å². The first kappa shape index (κ1) is 9.00. The average Bonchev–Trinajstić information content (AvgIpc) is 2.05. The third-order valence-corrected chi connectivity index (χ3v) is 1.49. The van der Waals surface area contributed by atoms with Crippen LogP contribution in [-0.4, -0.2) is 18.1 Å². The van der Waals surface area contributed by atoms with Gasteiger partial charge in [-0.3, -0.25) is 0 Å². The van der Waals surface area contributed by atoms with Crippen LogP contribution in [0.25, 0.3) is 0 Å². The molecule has 0 aliphatic rings. The van der Waals surface area contributed by atoms with Crippen LogP contribution in [0.15, 0.2) is 18.3 Å². The van der Waals surface area contributed by atoms with E-state index >= 15 is 0 Å². The van der Waals surface area contributed by atoms with Gasteiger partial charge in [0.2, 0.25) is 5.88 Å². The molecule has 66 valence electrons. The molecule has 0 unspecified atom stereocenters. The largest absolute Gasteiger partial charge is 0.478 e. The molecule has 0 amide bonds. The van der Waals surface area contributed by atoms with E-state index in [1.165, 1.54) is 0 Å². The predicted molar refractivity (Wildman–Crippen MR) is 48.1 cm³/mol. The minimum Gasteiger partial charge on any atom is -0.478 e. The molecule has 1 aromatic rings. The van der Waals surface area contributed by atoms with Crippen molar-refractivity contribution in [2.24, 2.45) is 5.73 Å². The Bertz CT molecular complexity index is 238. The lowest BCUT2D eigenvalue weighted by Crippen LogP contribution is -2.06. The smallest absolute Gasteiger partial charge is 0.213 e. The molecule has 0 saturated carbocycles. The number of aryl methyl sites for hydroxylation is 1. The standard InChI is InChI=1S/C9H14N2O/c1-8-3-5-11-9(7-8)12-6-2-4-10/h3,5,7H,2,4,6,10H2,1H3. The van der Waals surface area contributed by atoms with Gasteiger partial charge in [-0.25, -0.2) is 4.98 Å². The summed E-state index contributed by atoms with van der Waals surface area (Å²) in [5.41, 5.74) is 6.48. The van der Waals surface area contributed by atoms with E-state index in [0.717, 1.165) is 12.0 Å². The second-order valence-electron chi connectivity index (χ2n) is 2.66. The molecule has 1 heterocycles. The van der Waals surface area contributed by atoms with Gasteiger partial charge in [0.25, 0.3) is 0 Å². The summed E-state index contributed by atoms with van der Waals surface area (Å²) in [6.45, 7) is 3.32. The van der Waals surface area contributed by atoms with Crippen LogP contribution in [0.2, 0.25) is 0 Å². The fraction of sp³-hybridized carbons (Fsp3) is 0.444. The fourth-order valence-electron chi connectivity index (χ4n) is 0.847. The molecule has 0 radical (unpaired) electrons. The van der Waals surface area contributed by atoms with Crippen LogP contribution < -0.4 is 10.5 Å². The van der Waals surface area contributed by atoms with Crippen LogP contribution >= 0.6 is 0 Å². The number of hydrogen-bond acceptors (Lipinski definition) is 3. The van der Waals surface area contributed by atoms with Crippen molar-refractivity contribution in [3.8, 4) is 5.88 Å². The summed E-state index contributed by atoms with van der Waals surface area (Å²) in [6, 6.07) is 3.85. The minimum absolute atomic E-state index is 0.646. The van der Waals surface area contributed by atoms with E-state index in [9.17, 15) is 0 Å². The van der Waals surface area contributed by atoms with Gasteiger partial charge in [-0.05, 0) is 31.5 Å². The maximum atomic E-state index is 5.34. The maximum Gasteiger partial charge on any atom is 0.213 e. The number of nitrogens with two attached hydrogens (primary N) is 1. The molecule has 0 fully saturated rings. The summed E-state index contributed by atoms with van der Waals surface area (Å²) in [5.74, 6) is 0.684. The number of nitrogens with zero attached hydrogens (tertiary/aromatic N) is 1. The van der Waals surface area contributed by atoms with Gasteiger partial charge in [0.05, 0.1) is 6.61 Å². The van der Waals surface area contributed by atoms with E-state index in [0.29, 0.717) is 19.0 Å². The Balaban J connectivity index is 2.41. The zero-order valence-corrected chi connectivity index (χ0v) is 7.29. The van der Waals surface area contributed by atoms with Crippen LogP contribution in [0.1, 0.15) is 12.0 Å². The Morgan fingerprint density at radius 2 is 2.42 bits per heavy atom. The van der Waals surface area contributed by atoms with E-state index in [4.69, 9.17) is 10.5 Å². The quantitative estimate of drug-likeness (QED) is 0.682. The summed E-state index contributed by atoms with van der Waals surface area (Å²) in [5, 5.41) is 0. The summed E-state index contributed by atoms with van der Waals surface area (Å²) >= 11 is 0. The van der Waals surface area contributed by atoms with E-state index in [1.807, 2.05) is 19.1 Å². The first-order chi connectivity index (χ1) is 5.83. The van der Waals surface area contributed by atoms with Gasteiger partial charge in [-0.15, -0.1) is 0 Å². The van der Waals surface area contributed by atoms with E-state index in [2.05, 4.69) is 4.98 Å². The van der Waals surface area contributed by atoms with Crippen LogP contribution in [-0.2, 0) is 0 Å². The maximum absolute atomic E-state index is 5.34. The molecule has 0 aliphatic carbocycles. The lowest BCUT2D eigenvalue weighted by atomic mass is 10.3. The molecule has 1 rings (SSSR count). The molecular formula is C9H14N2O. The third kappa shape index (κ3) is 2.88. The SMILES string of the molecule is Cc1ccnc(OCCCN)c1. The van der Waals surface area contributed by atoms with Crippen molar-refractivity contribution in [2.75, 3.05) is 13.2 Å². The van der Waals surface area contributed by atoms with Gasteiger partial charge >= 0.3 is 0 Å². The molecule has 0 aromatic carbocycles. The highest BCUT2D eigenvalue weighted by atomic mass is 16.5. The van der Waals surface area contributed by atoms with Crippen LogP contribution in [0.3, 0.4) is 0 Å². The summed E-state index contributed by atoms with van der Waals surface area (Å²) < 4.78 is 5.34. The topological polar surface area (TPSA) is 48.1 Å². The number of rotatable bonds is 4. The lowest BCUT2D eigenvalue weighted by molar-refractivity contribution is 0.301. The number of ether oxygens (including phenoxy) is 1. The third-order valence-electron chi connectivity index (χ3n) is 1.49. The van der Waals surface area contributed by atoms with Gasteiger partial charge in [0.1, 0.15) is 0 Å². The molecule has 2 N–H and O–H groups in total. The molecule has 0 spiro atoms. The predicted octanol–water partition coefficient (Wildman–Crippen LogP) is 1.12. The Morgan fingerprint density at radius 3 is 3.08 bits per heavy atom. The van der Waals surface area contributed by atoms with Crippen molar-refractivity contribution in [3.63, 3.8) is 0 Å². The summed E-state index contributed by atoms with van der Waals surface area (Å²) in [4.78, 5) is 4.05. The van der Waals surface area contributed by atoms with Gasteiger partial charge in [-0.1, -0.05) is 0 Å². The van der Waals surface area contributed by atoms with Crippen molar-refractivity contribution < 1.29 is 4.74 Å². The fourth-order valence-corrected chi connectivity index (χ4v) is 0.847. The van der Waals surface area contributed by atoms with Crippen LogP contribution in [0, 0.1) is 6.92 Å². The van der Waals surface area contributed by atoms with Crippen LogP contribution in [0.4, 0.5) is 0 Å². The highest BCUT2D eigenvalue weighted by Gasteiger charge is 1.93. The molecule has 0 aliphatic heterocycles. The number of aromatic nitrogens is 1. The van der Waals surface area contributed by atoms with E-state index in [1.54, 1.807) is 6.20 Å². The zero-order chi connectivity index (χ0) is 8.81. The Kier molecular flexibility index (Phi) is 3.54. The first-order valence-electron chi connectivity index (χ1n) is 4.08. The van der Waals surface area contributed by atoms with Crippen molar-refractivity contribution >= 4 is 0 Å². The second kappa shape index (κ2) is 4.72. The molecule has 0 atom stereocenters. The second-order valence-corrected chi connectivity index (χ2v) is 2.66. The Morgan fingerprint density at radius 1 is 1.58 bits per heavy atom. The minimum atomic E-state index is 0.646. The highest BCUT2D eigenvalue weighted by Crippen LogP contribution is 2.07. The average molecular weight is 166 g/mol. The molecular weight excluding hydrogens is 152 g/mol. The summed E-state index contributed by atoms with van der Waals surface area (Å²) in [6.07, 6.45) is 2.61. The van der Waals surface area contributed by atoms with Crippen molar-refractivity contribution in [2.45, 2.75) is 13.3 Å². The Hall–Kier alpha value is -1.09. The summed E-state index contributed by atoms with van der Waals surface area (Å²) in [7, 11) is 0. The van der Waals surface area contributed by atoms with Crippen molar-refractivity contribution in [1.29, 1.82) is 0 Å². The first-order valence-corrected chi connectivity index (χ1v) is 4.08. The monoisotopic (exact) mass is 166 g/mol. The molecule has 1 aromatic heterocycles. The van der Waals surface area contributed by atoms with E-state index in [-0.39, 0.29) is 0 Å². The molecule has 3 nitrogen and oxygen atoms in total. The highest BCUT2D eigenvalue weighted by molar-refractivity contribution is 5.18. The molecule has 3 heteroatoms. The lowest BCUT2D eigenvalue weighted by Gasteiger charge is -2.03. The van der Waals surface area contributed by atoms with E-state index < -0.39 is 0 Å². The van der Waals surface area contributed by atoms with Crippen LogP contribution in [0.5, 0.6) is 5.88 Å². The Labute approximate surface area is 72.6 Å². The normalized spacial score (nSPS) is 9.83. The van der Waals surface area contributed by atoms with Gasteiger partial charge in [0, 0.05) is 12.3 Å². The number of pyridine rings is 1. The number of hydrogen-bond donors (Lipinski definition) is 1. The molecule has 0 saturated heterocycles. The zero-order valence-electron chi connectivity index (χ0n) is 7.29.